The van der Waals surface area contributed by atoms with Gasteiger partial charge in [-0.05, 0) is 85.3 Å². The predicted octanol–water partition coefficient (Wildman–Crippen LogP) is 15.1. The second-order valence-corrected chi connectivity index (χ2v) is 14.8. The highest BCUT2D eigenvalue weighted by Gasteiger charge is 2.42. The molecule has 0 aromatic heterocycles. The molecule has 1 aliphatic carbocycles. The lowest BCUT2D eigenvalue weighted by Gasteiger charge is -2.34. The highest BCUT2D eigenvalue weighted by atomic mass is 15.1. The summed E-state index contributed by atoms with van der Waals surface area (Å²) in [5.74, 6) is 0. The molecular weight excluding hydrogens is 579 g/mol. The first-order chi connectivity index (χ1) is 23.6. The SMILES string of the molecule is CCCCCCCCCCC1(CCCCCCCCCC)c2ccccc2-c2ccc(N(c3ccc(C)cc3)c3ccc(C)cc3)cc21. The first-order valence-electron chi connectivity index (χ1n) is 19.8. The summed E-state index contributed by atoms with van der Waals surface area (Å²) in [6, 6.07) is 34.9. The lowest BCUT2D eigenvalue weighted by Crippen LogP contribution is -2.26. The Labute approximate surface area is 294 Å². The van der Waals surface area contributed by atoms with Gasteiger partial charge in [0, 0.05) is 22.5 Å². The molecule has 4 aromatic carbocycles. The average molecular weight is 642 g/mol. The van der Waals surface area contributed by atoms with Gasteiger partial charge in [-0.1, -0.05) is 182 Å². The first kappa shape index (κ1) is 36.0. The molecule has 0 fully saturated rings. The molecule has 5 rings (SSSR count). The van der Waals surface area contributed by atoms with E-state index in [1.54, 1.807) is 11.1 Å². The number of unbranched alkanes of at least 4 members (excludes halogenated alkanes) is 14. The molecule has 0 aliphatic heterocycles. The van der Waals surface area contributed by atoms with Crippen molar-refractivity contribution in [1.82, 2.24) is 0 Å². The maximum Gasteiger partial charge on any atom is 0.0465 e. The van der Waals surface area contributed by atoms with Crippen LogP contribution in [0, 0.1) is 13.8 Å². The van der Waals surface area contributed by atoms with Crippen molar-refractivity contribution in [3.05, 3.63) is 113 Å². The predicted molar refractivity (Wildman–Crippen MR) is 211 cm³/mol. The molecule has 0 N–H and O–H groups in total. The van der Waals surface area contributed by atoms with E-state index in [1.165, 1.54) is 155 Å². The molecule has 0 spiro atoms. The van der Waals surface area contributed by atoms with Gasteiger partial charge in [0.05, 0.1) is 0 Å². The van der Waals surface area contributed by atoms with Crippen LogP contribution in [-0.2, 0) is 5.41 Å². The van der Waals surface area contributed by atoms with Gasteiger partial charge in [0.2, 0.25) is 0 Å². The molecule has 0 atom stereocenters. The Bertz CT molecular complexity index is 1450. The Morgan fingerprint density at radius 2 is 0.833 bits per heavy atom. The summed E-state index contributed by atoms with van der Waals surface area (Å²) in [4.78, 5) is 2.47. The summed E-state index contributed by atoms with van der Waals surface area (Å²) < 4.78 is 0. The van der Waals surface area contributed by atoms with Crippen molar-refractivity contribution in [1.29, 1.82) is 0 Å². The van der Waals surface area contributed by atoms with Crippen molar-refractivity contribution < 1.29 is 0 Å². The van der Waals surface area contributed by atoms with Crippen LogP contribution in [0.15, 0.2) is 91.0 Å². The van der Waals surface area contributed by atoms with Gasteiger partial charge in [0.15, 0.2) is 0 Å². The molecule has 1 heteroatoms. The van der Waals surface area contributed by atoms with Crippen LogP contribution in [0.1, 0.15) is 152 Å². The van der Waals surface area contributed by atoms with Crippen molar-refractivity contribution in [3.63, 3.8) is 0 Å². The molecule has 1 nitrogen and oxygen atoms in total. The van der Waals surface area contributed by atoms with E-state index in [1.807, 2.05) is 0 Å². The van der Waals surface area contributed by atoms with Crippen molar-refractivity contribution in [2.75, 3.05) is 4.90 Å². The Kier molecular flexibility index (Phi) is 13.8. The van der Waals surface area contributed by atoms with Crippen LogP contribution in [-0.4, -0.2) is 0 Å². The summed E-state index contributed by atoms with van der Waals surface area (Å²) >= 11 is 0. The standard InChI is InChI=1S/C47H63N/c1-5-7-9-11-13-15-17-21-35-47(36-22-18-16-14-12-10-8-6-2)45-24-20-19-23-43(45)44-34-33-42(37-46(44)47)48(40-29-25-38(3)26-30-40)41-31-27-39(4)28-32-41/h19-20,23-34,37H,5-18,21-22,35-36H2,1-4H3. The van der Waals surface area contributed by atoms with Gasteiger partial charge in [-0.15, -0.1) is 0 Å². The zero-order valence-electron chi connectivity index (χ0n) is 30.8. The summed E-state index contributed by atoms with van der Waals surface area (Å²) in [5.41, 5.74) is 12.5. The lowest BCUT2D eigenvalue weighted by molar-refractivity contribution is 0.397. The van der Waals surface area contributed by atoms with Crippen LogP contribution in [0.5, 0.6) is 0 Å². The molecule has 0 heterocycles. The van der Waals surface area contributed by atoms with E-state index in [9.17, 15) is 0 Å². The Hall–Kier alpha value is -3.32. The fourth-order valence-electron chi connectivity index (χ4n) is 8.20. The Morgan fingerprint density at radius 1 is 0.417 bits per heavy atom. The third-order valence-electron chi connectivity index (χ3n) is 11.0. The minimum absolute atomic E-state index is 0.0819. The molecule has 0 radical (unpaired) electrons. The topological polar surface area (TPSA) is 3.24 Å². The number of hydrogen-bond acceptors (Lipinski definition) is 1. The highest BCUT2D eigenvalue weighted by molar-refractivity contribution is 5.85. The molecular formula is C47H63N. The largest absolute Gasteiger partial charge is 0.310 e. The van der Waals surface area contributed by atoms with Crippen LogP contribution < -0.4 is 4.90 Å². The lowest BCUT2D eigenvalue weighted by atomic mass is 9.70. The van der Waals surface area contributed by atoms with Gasteiger partial charge in [-0.3, -0.25) is 0 Å². The molecule has 1 aliphatic rings. The van der Waals surface area contributed by atoms with Gasteiger partial charge in [0.1, 0.15) is 0 Å². The van der Waals surface area contributed by atoms with Crippen molar-refractivity contribution >= 4 is 17.1 Å². The molecule has 4 aromatic rings. The molecule has 0 unspecified atom stereocenters. The number of anilines is 3. The second-order valence-electron chi connectivity index (χ2n) is 14.8. The molecule has 48 heavy (non-hydrogen) atoms. The molecule has 0 saturated heterocycles. The smallest absolute Gasteiger partial charge is 0.0465 e. The molecule has 0 bridgehead atoms. The van der Waals surface area contributed by atoms with E-state index in [2.05, 4.69) is 124 Å². The van der Waals surface area contributed by atoms with Gasteiger partial charge in [-0.25, -0.2) is 0 Å². The van der Waals surface area contributed by atoms with Gasteiger partial charge < -0.3 is 4.90 Å². The van der Waals surface area contributed by atoms with E-state index in [0.717, 1.165) is 0 Å². The molecule has 0 amide bonds. The van der Waals surface area contributed by atoms with E-state index in [-0.39, 0.29) is 5.41 Å². The highest BCUT2D eigenvalue weighted by Crippen LogP contribution is 2.55. The van der Waals surface area contributed by atoms with Gasteiger partial charge in [0.25, 0.3) is 0 Å². The number of aryl methyl sites for hydroxylation is 2. The van der Waals surface area contributed by atoms with Gasteiger partial charge in [-0.2, -0.15) is 0 Å². The minimum atomic E-state index is 0.0819. The monoisotopic (exact) mass is 641 g/mol. The third-order valence-corrected chi connectivity index (χ3v) is 11.0. The Morgan fingerprint density at radius 3 is 1.33 bits per heavy atom. The van der Waals surface area contributed by atoms with Crippen LogP contribution in [0.3, 0.4) is 0 Å². The van der Waals surface area contributed by atoms with Crippen molar-refractivity contribution in [3.8, 4) is 11.1 Å². The average Bonchev–Trinajstić information content (AvgIpc) is 3.38. The number of nitrogens with zero attached hydrogens (tertiary/aromatic N) is 1. The third kappa shape index (κ3) is 9.02. The van der Waals surface area contributed by atoms with Crippen LogP contribution in [0.2, 0.25) is 0 Å². The number of benzene rings is 4. The van der Waals surface area contributed by atoms with Crippen molar-refractivity contribution in [2.45, 2.75) is 149 Å². The van der Waals surface area contributed by atoms with Gasteiger partial charge >= 0.3 is 0 Å². The summed E-state index contributed by atoms with van der Waals surface area (Å²) in [6.07, 6.45) is 24.4. The normalized spacial score (nSPS) is 13.0. The molecule has 256 valence electrons. The fraction of sp³-hybridized carbons (Fsp3) is 0.489. The fourth-order valence-corrected chi connectivity index (χ4v) is 8.20. The first-order valence-corrected chi connectivity index (χ1v) is 19.8. The second kappa shape index (κ2) is 18.4. The van der Waals surface area contributed by atoms with Crippen molar-refractivity contribution in [2.24, 2.45) is 0 Å². The Balaban J connectivity index is 1.47. The minimum Gasteiger partial charge on any atom is -0.310 e. The van der Waals surface area contributed by atoms with Crippen LogP contribution in [0.25, 0.3) is 11.1 Å². The molecule has 0 saturated carbocycles. The van der Waals surface area contributed by atoms with E-state index >= 15 is 0 Å². The maximum absolute atomic E-state index is 2.59. The number of rotatable bonds is 21. The quantitative estimate of drug-likeness (QED) is 0.0818. The summed E-state index contributed by atoms with van der Waals surface area (Å²) in [6.45, 7) is 8.99. The maximum atomic E-state index is 2.59. The number of fused-ring (bicyclic) bond motifs is 3. The van der Waals surface area contributed by atoms with E-state index < -0.39 is 0 Å². The van der Waals surface area contributed by atoms with Crippen LogP contribution >= 0.6 is 0 Å². The summed E-state index contributed by atoms with van der Waals surface area (Å²) in [7, 11) is 0. The zero-order valence-corrected chi connectivity index (χ0v) is 30.8. The number of hydrogen-bond donors (Lipinski definition) is 0. The zero-order chi connectivity index (χ0) is 33.6. The van der Waals surface area contributed by atoms with E-state index in [4.69, 9.17) is 0 Å². The van der Waals surface area contributed by atoms with E-state index in [0.29, 0.717) is 0 Å². The van der Waals surface area contributed by atoms with Crippen LogP contribution in [0.4, 0.5) is 17.1 Å². The summed E-state index contributed by atoms with van der Waals surface area (Å²) in [5, 5.41) is 0.